The fourth-order valence-corrected chi connectivity index (χ4v) is 6.52. The highest BCUT2D eigenvalue weighted by Gasteiger charge is 2.39. The quantitative estimate of drug-likeness (QED) is 0.496. The maximum Gasteiger partial charge on any atom is 0.410 e. The van der Waals surface area contributed by atoms with Gasteiger partial charge in [0.05, 0.1) is 12.2 Å². The molecular formula is C32H46N8O4. The maximum atomic E-state index is 12.7. The van der Waals surface area contributed by atoms with E-state index in [1.807, 2.05) is 44.9 Å². The minimum Gasteiger partial charge on any atom is -0.444 e. The van der Waals surface area contributed by atoms with Gasteiger partial charge in [0.15, 0.2) is 11.5 Å². The van der Waals surface area contributed by atoms with Crippen LogP contribution < -0.4 is 16.0 Å². The molecule has 12 heteroatoms. The molecule has 3 fully saturated rings. The van der Waals surface area contributed by atoms with Crippen LogP contribution in [0.1, 0.15) is 76.4 Å². The second-order valence-electron chi connectivity index (χ2n) is 13.6. The molecule has 0 unspecified atom stereocenters. The van der Waals surface area contributed by atoms with Crippen molar-refractivity contribution in [1.29, 1.82) is 0 Å². The maximum absolute atomic E-state index is 12.7. The van der Waals surface area contributed by atoms with Gasteiger partial charge in [-0.1, -0.05) is 19.1 Å². The third-order valence-corrected chi connectivity index (χ3v) is 9.25. The van der Waals surface area contributed by atoms with Crippen LogP contribution >= 0.6 is 0 Å². The van der Waals surface area contributed by atoms with Crippen LogP contribution in [-0.2, 0) is 10.2 Å². The van der Waals surface area contributed by atoms with Crippen molar-refractivity contribution in [2.45, 2.75) is 83.4 Å². The van der Waals surface area contributed by atoms with Crippen molar-refractivity contribution in [3.8, 4) is 0 Å². The number of ether oxygens (including phenoxy) is 1. The Morgan fingerprint density at radius 1 is 1.05 bits per heavy atom. The molecular weight excluding hydrogens is 560 g/mol. The molecule has 3 aliphatic rings. The van der Waals surface area contributed by atoms with Gasteiger partial charge < -0.3 is 35.4 Å². The van der Waals surface area contributed by atoms with E-state index < -0.39 is 11.5 Å². The molecule has 0 radical (unpaired) electrons. The molecule has 3 N–H and O–H groups in total. The van der Waals surface area contributed by atoms with Crippen LogP contribution in [0.4, 0.5) is 26.9 Å². The van der Waals surface area contributed by atoms with Gasteiger partial charge >= 0.3 is 12.1 Å². The number of amides is 4. The molecule has 5 rings (SSSR count). The highest BCUT2D eigenvalue weighted by atomic mass is 16.6. The van der Waals surface area contributed by atoms with E-state index >= 15 is 0 Å². The normalized spacial score (nSPS) is 22.3. The van der Waals surface area contributed by atoms with Gasteiger partial charge in [0, 0.05) is 51.5 Å². The highest BCUT2D eigenvalue weighted by Crippen LogP contribution is 2.36. The first kappa shape index (κ1) is 31.3. The lowest BCUT2D eigenvalue weighted by Gasteiger charge is -2.43. The van der Waals surface area contributed by atoms with E-state index in [-0.39, 0.29) is 35.3 Å². The molecule has 1 aromatic carbocycles. The Bertz CT molecular complexity index is 1380. The number of primary amides is 1. The number of carbonyl (C=O) groups excluding carboxylic acids is 3. The Hall–Kier alpha value is -4.09. The van der Waals surface area contributed by atoms with Crippen LogP contribution in [0, 0.1) is 0 Å². The average molecular weight is 607 g/mol. The molecule has 44 heavy (non-hydrogen) atoms. The Morgan fingerprint density at radius 3 is 2.32 bits per heavy atom. The molecule has 2 aromatic rings. The van der Waals surface area contributed by atoms with Crippen molar-refractivity contribution < 1.29 is 19.1 Å². The predicted molar refractivity (Wildman–Crippen MR) is 169 cm³/mol. The van der Waals surface area contributed by atoms with E-state index in [0.717, 1.165) is 44.5 Å². The summed E-state index contributed by atoms with van der Waals surface area (Å²) in [6.07, 6.45) is 4.83. The predicted octanol–water partition coefficient (Wildman–Crippen LogP) is 4.33. The van der Waals surface area contributed by atoms with Crippen molar-refractivity contribution in [2.75, 3.05) is 50.0 Å². The van der Waals surface area contributed by atoms with Crippen molar-refractivity contribution in [3.63, 3.8) is 0 Å². The molecule has 0 bridgehead atoms. The molecule has 0 spiro atoms. The van der Waals surface area contributed by atoms with E-state index in [0.29, 0.717) is 31.3 Å². The topological polar surface area (TPSA) is 137 Å². The molecule has 238 valence electrons. The summed E-state index contributed by atoms with van der Waals surface area (Å²) >= 11 is 0. The number of hydrogen-bond donors (Lipinski definition) is 2. The molecule has 1 aromatic heterocycles. The van der Waals surface area contributed by atoms with E-state index in [4.69, 9.17) is 15.5 Å². The zero-order chi connectivity index (χ0) is 31.8. The van der Waals surface area contributed by atoms with Gasteiger partial charge in [0.1, 0.15) is 11.4 Å². The monoisotopic (exact) mass is 606 g/mol. The van der Waals surface area contributed by atoms with E-state index in [1.165, 1.54) is 5.56 Å². The SMILES string of the molecule is C[C@@H]1[C@H](N2CCN(C)C2=O)CCCN1c1cnc(C(N)=O)c(Nc2ccc(C3(C)CCN(C(=O)OC(C)(C)C)CC3)cc2)n1. The van der Waals surface area contributed by atoms with Crippen LogP contribution in [0.15, 0.2) is 30.5 Å². The molecule has 4 heterocycles. The summed E-state index contributed by atoms with van der Waals surface area (Å²) in [4.78, 5) is 54.4. The molecule has 0 saturated carbocycles. The number of piperidine rings is 2. The van der Waals surface area contributed by atoms with Crippen LogP contribution in [0.3, 0.4) is 0 Å². The van der Waals surface area contributed by atoms with Gasteiger partial charge in [-0.05, 0) is 76.5 Å². The van der Waals surface area contributed by atoms with Gasteiger partial charge in [0.2, 0.25) is 0 Å². The number of anilines is 3. The molecule has 4 amide bonds. The van der Waals surface area contributed by atoms with E-state index in [9.17, 15) is 14.4 Å². The highest BCUT2D eigenvalue weighted by molar-refractivity contribution is 5.96. The Balaban J connectivity index is 1.29. The minimum atomic E-state index is -0.664. The summed E-state index contributed by atoms with van der Waals surface area (Å²) in [5.41, 5.74) is 7.09. The number of carbonyl (C=O) groups is 3. The van der Waals surface area contributed by atoms with Crippen molar-refractivity contribution in [2.24, 2.45) is 5.73 Å². The fraction of sp³-hybridized carbons (Fsp3) is 0.594. The van der Waals surface area contributed by atoms with Gasteiger partial charge in [-0.15, -0.1) is 0 Å². The summed E-state index contributed by atoms with van der Waals surface area (Å²) in [5, 5.41) is 3.27. The largest absolute Gasteiger partial charge is 0.444 e. The summed E-state index contributed by atoms with van der Waals surface area (Å²) < 4.78 is 5.55. The van der Waals surface area contributed by atoms with E-state index in [1.54, 1.807) is 16.0 Å². The summed E-state index contributed by atoms with van der Waals surface area (Å²) in [6.45, 7) is 13.5. The van der Waals surface area contributed by atoms with Crippen molar-refractivity contribution >= 4 is 35.4 Å². The fourth-order valence-electron chi connectivity index (χ4n) is 6.52. The van der Waals surface area contributed by atoms with Gasteiger partial charge in [0.25, 0.3) is 5.91 Å². The number of nitrogens with two attached hydrogens (primary N) is 1. The van der Waals surface area contributed by atoms with Gasteiger partial charge in [-0.2, -0.15) is 0 Å². The Labute approximate surface area is 259 Å². The first-order chi connectivity index (χ1) is 20.8. The number of likely N-dealkylation sites (N-methyl/N-ethyl adjacent to an activating group) is 1. The number of aromatic nitrogens is 2. The van der Waals surface area contributed by atoms with Gasteiger partial charge in [-0.25, -0.2) is 19.6 Å². The second-order valence-corrected chi connectivity index (χ2v) is 13.6. The Morgan fingerprint density at radius 2 is 1.73 bits per heavy atom. The lowest BCUT2D eigenvalue weighted by atomic mass is 9.74. The number of nitrogens with one attached hydrogen (secondary N) is 1. The standard InChI is InChI=1S/C32H46N8O4/c1-21-24(40-19-18-37(6)29(40)42)8-7-15-39(21)25-20-34-26(27(33)41)28(36-25)35-23-11-9-22(10-12-23)32(5)13-16-38(17-14-32)30(43)44-31(2,3)4/h9-12,20-21,24H,7-8,13-19H2,1-6H3,(H2,33,41)(H,35,36)/t21-,24-/m1/s1. The summed E-state index contributed by atoms with van der Waals surface area (Å²) in [6, 6.07) is 8.25. The third-order valence-electron chi connectivity index (χ3n) is 9.25. The van der Waals surface area contributed by atoms with E-state index in [2.05, 4.69) is 41.2 Å². The lowest BCUT2D eigenvalue weighted by molar-refractivity contribution is 0.0171. The number of benzene rings is 1. The van der Waals surface area contributed by atoms with Crippen molar-refractivity contribution in [3.05, 3.63) is 41.7 Å². The molecule has 12 nitrogen and oxygen atoms in total. The van der Waals surface area contributed by atoms with Crippen LogP contribution in [-0.4, -0.2) is 100 Å². The van der Waals surface area contributed by atoms with Crippen LogP contribution in [0.25, 0.3) is 0 Å². The number of nitrogens with zero attached hydrogens (tertiary/aromatic N) is 6. The second kappa shape index (κ2) is 12.1. The average Bonchev–Trinajstić information content (AvgIpc) is 3.30. The molecule has 3 saturated heterocycles. The first-order valence-electron chi connectivity index (χ1n) is 15.6. The van der Waals surface area contributed by atoms with Crippen LogP contribution in [0.2, 0.25) is 0 Å². The van der Waals surface area contributed by atoms with Gasteiger partial charge in [-0.3, -0.25) is 4.79 Å². The zero-order valence-electron chi connectivity index (χ0n) is 26.8. The Kier molecular flexibility index (Phi) is 8.64. The smallest absolute Gasteiger partial charge is 0.410 e. The number of likely N-dealkylation sites (tertiary alicyclic amines) is 1. The molecule has 2 atom stereocenters. The van der Waals surface area contributed by atoms with Crippen LogP contribution in [0.5, 0.6) is 0 Å². The first-order valence-corrected chi connectivity index (χ1v) is 15.6. The summed E-state index contributed by atoms with van der Waals surface area (Å²) in [7, 11) is 1.84. The summed E-state index contributed by atoms with van der Waals surface area (Å²) in [5.74, 6) is 0.268. The molecule has 0 aliphatic carbocycles. The van der Waals surface area contributed by atoms with Crippen molar-refractivity contribution in [1.82, 2.24) is 24.7 Å². The molecule has 3 aliphatic heterocycles. The number of urea groups is 1. The third kappa shape index (κ3) is 6.53. The number of rotatable bonds is 6. The minimum absolute atomic E-state index is 0.0301. The number of hydrogen-bond acceptors (Lipinski definition) is 8. The lowest BCUT2D eigenvalue weighted by Crippen LogP contribution is -2.55. The zero-order valence-corrected chi connectivity index (χ0v) is 26.8.